The SMILES string of the molecule is Cc1cc(C(F)(F)F)n2ncc(C(=O)NCc3nc[nH]c3C)c2n1. The van der Waals surface area contributed by atoms with Crippen LogP contribution in [0.4, 0.5) is 13.2 Å². The Labute approximate surface area is 133 Å². The lowest BCUT2D eigenvalue weighted by Gasteiger charge is -2.10. The number of nitrogens with one attached hydrogen (secondary N) is 2. The van der Waals surface area contributed by atoms with E-state index in [-0.39, 0.29) is 23.4 Å². The number of aromatic amines is 1. The minimum absolute atomic E-state index is 0.0302. The van der Waals surface area contributed by atoms with Crippen LogP contribution in [-0.2, 0) is 12.7 Å². The monoisotopic (exact) mass is 338 g/mol. The second-order valence-corrected chi connectivity index (χ2v) is 5.23. The predicted molar refractivity (Wildman–Crippen MR) is 77.2 cm³/mol. The number of imidazole rings is 1. The van der Waals surface area contributed by atoms with Gasteiger partial charge in [0.25, 0.3) is 5.91 Å². The van der Waals surface area contributed by atoms with Crippen LogP contribution in [0, 0.1) is 13.8 Å². The van der Waals surface area contributed by atoms with Crippen LogP contribution in [0.25, 0.3) is 5.65 Å². The van der Waals surface area contributed by atoms with E-state index in [1.807, 2.05) is 0 Å². The van der Waals surface area contributed by atoms with Crippen molar-refractivity contribution in [2.45, 2.75) is 26.6 Å². The third kappa shape index (κ3) is 2.82. The average Bonchev–Trinajstić information content (AvgIpc) is 3.09. The molecule has 2 N–H and O–H groups in total. The van der Waals surface area contributed by atoms with Crippen LogP contribution in [0.1, 0.15) is 33.1 Å². The quantitative estimate of drug-likeness (QED) is 0.765. The summed E-state index contributed by atoms with van der Waals surface area (Å²) in [7, 11) is 0. The molecule has 3 aromatic heterocycles. The number of H-pyrrole nitrogens is 1. The first kappa shape index (κ1) is 16.0. The summed E-state index contributed by atoms with van der Waals surface area (Å²) in [4.78, 5) is 23.2. The van der Waals surface area contributed by atoms with Crippen LogP contribution in [-0.4, -0.2) is 30.5 Å². The van der Waals surface area contributed by atoms with Crippen molar-refractivity contribution >= 4 is 11.6 Å². The molecule has 0 aromatic carbocycles. The second-order valence-electron chi connectivity index (χ2n) is 5.23. The van der Waals surface area contributed by atoms with Gasteiger partial charge in [-0.15, -0.1) is 0 Å². The maximum atomic E-state index is 13.1. The molecular formula is C14H13F3N6O. The summed E-state index contributed by atoms with van der Waals surface area (Å²) >= 11 is 0. The molecule has 0 unspecified atom stereocenters. The van der Waals surface area contributed by atoms with Crippen LogP contribution in [0.5, 0.6) is 0 Å². The molecule has 0 saturated heterocycles. The number of fused-ring (bicyclic) bond motifs is 1. The van der Waals surface area contributed by atoms with Crippen molar-refractivity contribution in [3.05, 3.63) is 46.9 Å². The molecule has 0 bridgehead atoms. The Balaban J connectivity index is 1.94. The molecule has 1 amide bonds. The van der Waals surface area contributed by atoms with Gasteiger partial charge < -0.3 is 10.3 Å². The molecule has 0 saturated carbocycles. The van der Waals surface area contributed by atoms with E-state index in [0.29, 0.717) is 10.2 Å². The van der Waals surface area contributed by atoms with Crippen molar-refractivity contribution in [2.24, 2.45) is 0 Å². The lowest BCUT2D eigenvalue weighted by molar-refractivity contribution is -0.142. The van der Waals surface area contributed by atoms with Crippen molar-refractivity contribution in [1.82, 2.24) is 29.9 Å². The van der Waals surface area contributed by atoms with Crippen molar-refractivity contribution in [3.8, 4) is 0 Å². The summed E-state index contributed by atoms with van der Waals surface area (Å²) in [5.74, 6) is -0.571. The molecule has 10 heteroatoms. The van der Waals surface area contributed by atoms with E-state index in [1.165, 1.54) is 13.3 Å². The molecule has 3 heterocycles. The molecule has 126 valence electrons. The minimum atomic E-state index is -4.60. The standard InChI is InChI=1S/C14H13F3N6O/c1-7-3-11(14(15,16)17)23-12(22-7)9(4-21-23)13(24)18-5-10-8(2)19-6-20-10/h3-4,6H,5H2,1-2H3,(H,18,24)(H,19,20). The van der Waals surface area contributed by atoms with E-state index in [0.717, 1.165) is 18.0 Å². The number of alkyl halides is 3. The fraction of sp³-hybridized carbons (Fsp3) is 0.286. The number of aryl methyl sites for hydroxylation is 2. The number of amides is 1. The summed E-state index contributed by atoms with van der Waals surface area (Å²) in [6.07, 6.45) is -2.03. The Morgan fingerprint density at radius 1 is 1.38 bits per heavy atom. The van der Waals surface area contributed by atoms with E-state index in [4.69, 9.17) is 0 Å². The van der Waals surface area contributed by atoms with Crippen molar-refractivity contribution < 1.29 is 18.0 Å². The van der Waals surface area contributed by atoms with Gasteiger partial charge in [0.15, 0.2) is 5.65 Å². The Kier molecular flexibility index (Phi) is 3.74. The summed E-state index contributed by atoms with van der Waals surface area (Å²) in [6, 6.07) is 0.884. The molecule has 0 fully saturated rings. The molecule has 7 nitrogen and oxygen atoms in total. The Morgan fingerprint density at radius 3 is 2.75 bits per heavy atom. The van der Waals surface area contributed by atoms with Crippen LogP contribution < -0.4 is 5.32 Å². The molecule has 0 aliphatic rings. The van der Waals surface area contributed by atoms with Crippen molar-refractivity contribution in [3.63, 3.8) is 0 Å². The predicted octanol–water partition coefficient (Wildman–Crippen LogP) is 2.02. The van der Waals surface area contributed by atoms with Gasteiger partial charge in [-0.3, -0.25) is 4.79 Å². The lowest BCUT2D eigenvalue weighted by Crippen LogP contribution is -2.23. The molecule has 0 radical (unpaired) electrons. The van der Waals surface area contributed by atoms with E-state index in [1.54, 1.807) is 6.92 Å². The highest BCUT2D eigenvalue weighted by atomic mass is 19.4. The molecule has 24 heavy (non-hydrogen) atoms. The highest BCUT2D eigenvalue weighted by Crippen LogP contribution is 2.30. The van der Waals surface area contributed by atoms with Crippen molar-refractivity contribution in [2.75, 3.05) is 0 Å². The van der Waals surface area contributed by atoms with Crippen LogP contribution in [0.2, 0.25) is 0 Å². The fourth-order valence-corrected chi connectivity index (χ4v) is 2.27. The first-order valence-electron chi connectivity index (χ1n) is 6.97. The normalized spacial score (nSPS) is 11.9. The Bertz CT molecular complexity index is 911. The smallest absolute Gasteiger partial charge is 0.348 e. The number of aromatic nitrogens is 5. The maximum absolute atomic E-state index is 13.1. The van der Waals surface area contributed by atoms with E-state index >= 15 is 0 Å². The molecule has 0 aliphatic heterocycles. The lowest BCUT2D eigenvalue weighted by atomic mass is 10.2. The van der Waals surface area contributed by atoms with Crippen LogP contribution in [0.3, 0.4) is 0 Å². The molecule has 3 aromatic rings. The molecule has 0 spiro atoms. The number of carbonyl (C=O) groups excluding carboxylic acids is 1. The first-order chi connectivity index (χ1) is 11.3. The summed E-state index contributed by atoms with van der Waals surface area (Å²) < 4.78 is 39.9. The third-order valence-corrected chi connectivity index (χ3v) is 3.49. The van der Waals surface area contributed by atoms with E-state index < -0.39 is 17.8 Å². The maximum Gasteiger partial charge on any atom is 0.433 e. The second kappa shape index (κ2) is 5.62. The summed E-state index contributed by atoms with van der Waals surface area (Å²) in [6.45, 7) is 3.37. The number of hydrogen-bond donors (Lipinski definition) is 2. The number of hydrogen-bond acceptors (Lipinski definition) is 4. The van der Waals surface area contributed by atoms with E-state index in [2.05, 4.69) is 25.4 Å². The van der Waals surface area contributed by atoms with Gasteiger partial charge in [-0.05, 0) is 19.9 Å². The highest BCUT2D eigenvalue weighted by Gasteiger charge is 2.35. The topological polar surface area (TPSA) is 88.0 Å². The average molecular weight is 338 g/mol. The molecular weight excluding hydrogens is 325 g/mol. The zero-order chi connectivity index (χ0) is 17.5. The van der Waals surface area contributed by atoms with Gasteiger partial charge in [0, 0.05) is 11.4 Å². The third-order valence-electron chi connectivity index (χ3n) is 3.49. The molecule has 0 atom stereocenters. The van der Waals surface area contributed by atoms with Gasteiger partial charge in [-0.25, -0.2) is 14.5 Å². The van der Waals surface area contributed by atoms with Gasteiger partial charge in [0.2, 0.25) is 0 Å². The van der Waals surface area contributed by atoms with Crippen LogP contribution in [0.15, 0.2) is 18.6 Å². The number of rotatable bonds is 3. The van der Waals surface area contributed by atoms with Gasteiger partial charge >= 0.3 is 6.18 Å². The van der Waals surface area contributed by atoms with Gasteiger partial charge in [0.05, 0.1) is 24.8 Å². The Hall–Kier alpha value is -2.91. The zero-order valence-corrected chi connectivity index (χ0v) is 12.8. The van der Waals surface area contributed by atoms with Gasteiger partial charge in [0.1, 0.15) is 11.3 Å². The Morgan fingerprint density at radius 2 is 2.12 bits per heavy atom. The molecule has 3 rings (SSSR count). The molecule has 0 aliphatic carbocycles. The first-order valence-corrected chi connectivity index (χ1v) is 6.97. The summed E-state index contributed by atoms with van der Waals surface area (Å²) in [5, 5.41) is 6.26. The zero-order valence-electron chi connectivity index (χ0n) is 12.8. The van der Waals surface area contributed by atoms with E-state index in [9.17, 15) is 18.0 Å². The number of carbonyl (C=O) groups is 1. The van der Waals surface area contributed by atoms with Gasteiger partial charge in [-0.1, -0.05) is 0 Å². The number of nitrogens with zero attached hydrogens (tertiary/aromatic N) is 4. The largest absolute Gasteiger partial charge is 0.433 e. The van der Waals surface area contributed by atoms with Crippen molar-refractivity contribution in [1.29, 1.82) is 0 Å². The highest BCUT2D eigenvalue weighted by molar-refractivity contribution is 5.99. The minimum Gasteiger partial charge on any atom is -0.348 e. The van der Waals surface area contributed by atoms with Crippen LogP contribution >= 0.6 is 0 Å². The fourth-order valence-electron chi connectivity index (χ4n) is 2.27. The number of halogens is 3. The summed E-state index contributed by atoms with van der Waals surface area (Å²) in [5.41, 5.74) is 0.430. The van der Waals surface area contributed by atoms with Gasteiger partial charge in [-0.2, -0.15) is 18.3 Å².